The highest BCUT2D eigenvalue weighted by atomic mass is 19.1. The largest absolute Gasteiger partial charge is 0.481 e. The van der Waals surface area contributed by atoms with E-state index in [2.05, 4.69) is 0 Å². The van der Waals surface area contributed by atoms with Gasteiger partial charge in [-0.1, -0.05) is 30.3 Å². The number of carboxylic acids is 1. The van der Waals surface area contributed by atoms with E-state index in [4.69, 9.17) is 5.11 Å². The van der Waals surface area contributed by atoms with Gasteiger partial charge < -0.3 is 10.2 Å². The van der Waals surface area contributed by atoms with Gasteiger partial charge in [0.25, 0.3) is 0 Å². The van der Waals surface area contributed by atoms with Gasteiger partial charge in [-0.2, -0.15) is 0 Å². The van der Waals surface area contributed by atoms with Crippen LogP contribution in [0, 0.1) is 5.92 Å². The van der Waals surface area contributed by atoms with E-state index in [0.29, 0.717) is 6.42 Å². The number of halogens is 1. The minimum Gasteiger partial charge on any atom is -0.481 e. The molecule has 0 saturated carbocycles. The van der Waals surface area contributed by atoms with E-state index in [9.17, 15) is 14.3 Å². The van der Waals surface area contributed by atoms with Gasteiger partial charge in [-0.05, 0) is 31.4 Å². The normalized spacial score (nSPS) is 15.2. The van der Waals surface area contributed by atoms with Crippen molar-refractivity contribution in [2.75, 3.05) is 0 Å². The molecule has 0 heterocycles. The molecule has 0 spiro atoms. The number of aryl methyl sites for hydroxylation is 1. The molecule has 3 nitrogen and oxygen atoms in total. The first-order valence-corrected chi connectivity index (χ1v) is 5.82. The molecule has 0 aliphatic carbocycles. The summed E-state index contributed by atoms with van der Waals surface area (Å²) in [7, 11) is 0. The number of aliphatic hydroxyl groups is 1. The van der Waals surface area contributed by atoms with Crippen molar-refractivity contribution in [2.45, 2.75) is 25.9 Å². The number of aliphatic carboxylic acids is 1. The molecular weight excluding hydrogens is 235 g/mol. The predicted molar refractivity (Wildman–Crippen MR) is 66.8 cm³/mol. The van der Waals surface area contributed by atoms with Crippen molar-refractivity contribution in [2.24, 2.45) is 5.92 Å². The zero-order valence-corrected chi connectivity index (χ0v) is 10.2. The molecule has 0 aliphatic rings. The fourth-order valence-corrected chi connectivity index (χ4v) is 1.51. The molecule has 1 aromatic carbocycles. The van der Waals surface area contributed by atoms with E-state index < -0.39 is 23.8 Å². The zero-order chi connectivity index (χ0) is 13.5. The van der Waals surface area contributed by atoms with E-state index in [1.807, 2.05) is 30.3 Å². The summed E-state index contributed by atoms with van der Waals surface area (Å²) in [5.41, 5.74) is 1.01. The molecule has 0 bridgehead atoms. The number of benzene rings is 1. The van der Waals surface area contributed by atoms with Gasteiger partial charge in [-0.25, -0.2) is 4.39 Å². The van der Waals surface area contributed by atoms with Gasteiger partial charge in [0.2, 0.25) is 0 Å². The van der Waals surface area contributed by atoms with Crippen LogP contribution in [0.1, 0.15) is 18.9 Å². The van der Waals surface area contributed by atoms with Crippen LogP contribution >= 0.6 is 0 Å². The van der Waals surface area contributed by atoms with Crippen molar-refractivity contribution >= 4 is 5.97 Å². The third-order valence-corrected chi connectivity index (χ3v) is 2.67. The second-order valence-electron chi connectivity index (χ2n) is 4.22. The summed E-state index contributed by atoms with van der Waals surface area (Å²) < 4.78 is 13.5. The maximum atomic E-state index is 13.5. The van der Waals surface area contributed by atoms with Crippen LogP contribution in [0.25, 0.3) is 0 Å². The summed E-state index contributed by atoms with van der Waals surface area (Å²) >= 11 is 0. The lowest BCUT2D eigenvalue weighted by molar-refractivity contribution is -0.139. The van der Waals surface area contributed by atoms with Gasteiger partial charge in [0, 0.05) is 0 Å². The molecule has 0 unspecified atom stereocenters. The highest BCUT2D eigenvalue weighted by Gasteiger charge is 2.15. The van der Waals surface area contributed by atoms with Crippen LogP contribution in [0.15, 0.2) is 42.2 Å². The van der Waals surface area contributed by atoms with Crippen LogP contribution < -0.4 is 0 Å². The molecule has 4 heteroatoms. The van der Waals surface area contributed by atoms with Crippen molar-refractivity contribution in [1.82, 2.24) is 0 Å². The summed E-state index contributed by atoms with van der Waals surface area (Å²) in [6.45, 7) is 1.37. The molecule has 0 amide bonds. The first kappa shape index (κ1) is 14.4. The highest BCUT2D eigenvalue weighted by molar-refractivity contribution is 5.71. The summed E-state index contributed by atoms with van der Waals surface area (Å²) in [5, 5.41) is 18.2. The van der Waals surface area contributed by atoms with Gasteiger partial charge in [-0.3, -0.25) is 4.79 Å². The number of carbonyl (C=O) groups is 1. The van der Waals surface area contributed by atoms with Gasteiger partial charge >= 0.3 is 5.97 Å². The zero-order valence-electron chi connectivity index (χ0n) is 10.2. The average Bonchev–Trinajstić information content (AvgIpc) is 2.36. The lowest BCUT2D eigenvalue weighted by Gasteiger charge is -2.09. The first-order chi connectivity index (χ1) is 8.50. The molecule has 18 heavy (non-hydrogen) atoms. The Labute approximate surface area is 106 Å². The Bertz CT molecular complexity index is 414. The average molecular weight is 252 g/mol. The van der Waals surface area contributed by atoms with E-state index >= 15 is 0 Å². The van der Waals surface area contributed by atoms with Gasteiger partial charge in [0.15, 0.2) is 0 Å². The van der Waals surface area contributed by atoms with Crippen LogP contribution in [0.4, 0.5) is 4.39 Å². The molecule has 1 rings (SSSR count). The second-order valence-corrected chi connectivity index (χ2v) is 4.22. The summed E-state index contributed by atoms with van der Waals surface area (Å²) in [6, 6.07) is 9.43. The van der Waals surface area contributed by atoms with Crippen molar-refractivity contribution < 1.29 is 19.4 Å². The van der Waals surface area contributed by atoms with Gasteiger partial charge in [0.1, 0.15) is 11.9 Å². The van der Waals surface area contributed by atoms with Crippen LogP contribution in [-0.4, -0.2) is 22.3 Å². The van der Waals surface area contributed by atoms with Crippen molar-refractivity contribution in [3.05, 3.63) is 47.8 Å². The quantitative estimate of drug-likeness (QED) is 0.818. The molecule has 2 atom stereocenters. The van der Waals surface area contributed by atoms with Crippen LogP contribution in [0.2, 0.25) is 0 Å². The van der Waals surface area contributed by atoms with Crippen LogP contribution in [0.3, 0.4) is 0 Å². The van der Waals surface area contributed by atoms with E-state index in [-0.39, 0.29) is 6.42 Å². The summed E-state index contributed by atoms with van der Waals surface area (Å²) in [5.74, 6) is -2.82. The number of rotatable bonds is 6. The molecule has 2 N–H and O–H groups in total. The Hall–Kier alpha value is -1.68. The minimum atomic E-state index is -1.24. The molecular formula is C14H17FO3. The second kappa shape index (κ2) is 6.91. The minimum absolute atomic E-state index is 0.235. The molecule has 0 aromatic heterocycles. The van der Waals surface area contributed by atoms with E-state index in [1.165, 1.54) is 6.92 Å². The lowest BCUT2D eigenvalue weighted by Crippen LogP contribution is -2.13. The maximum Gasteiger partial charge on any atom is 0.310 e. The third kappa shape index (κ3) is 4.67. The molecule has 0 radical (unpaired) electrons. The topological polar surface area (TPSA) is 57.5 Å². The summed E-state index contributed by atoms with van der Waals surface area (Å²) in [6.07, 6.45) is 0.480. The third-order valence-electron chi connectivity index (χ3n) is 2.67. The Morgan fingerprint density at radius 1 is 1.39 bits per heavy atom. The first-order valence-electron chi connectivity index (χ1n) is 5.82. The molecule has 0 saturated heterocycles. The highest BCUT2D eigenvalue weighted by Crippen LogP contribution is 2.14. The number of hydrogen-bond acceptors (Lipinski definition) is 2. The fraction of sp³-hybridized carbons (Fsp3) is 0.357. The Morgan fingerprint density at radius 2 is 2.00 bits per heavy atom. The monoisotopic (exact) mass is 252 g/mol. The van der Waals surface area contributed by atoms with Gasteiger partial charge in [-0.15, -0.1) is 0 Å². The smallest absolute Gasteiger partial charge is 0.310 e. The van der Waals surface area contributed by atoms with Crippen molar-refractivity contribution in [3.63, 3.8) is 0 Å². The van der Waals surface area contributed by atoms with E-state index in [0.717, 1.165) is 11.6 Å². The lowest BCUT2D eigenvalue weighted by atomic mass is 10.0. The number of aliphatic hydroxyl groups excluding tert-OH is 1. The standard InChI is InChI=1S/C14H17FO3/c1-10(14(17)18)9-12(15)13(16)8-7-11-5-3-2-4-6-11/h2-6,9-10,13,16H,7-8H2,1H3,(H,17,18)/b12-9-/t10-,13+/m1/s1. The Kier molecular flexibility index (Phi) is 5.52. The number of carboxylic acid groups (broad SMARTS) is 1. The molecule has 98 valence electrons. The molecule has 0 aliphatic heterocycles. The SMILES string of the molecule is C[C@H](/C=C(\F)[C@@H](O)CCc1ccccc1)C(=O)O. The fourth-order valence-electron chi connectivity index (χ4n) is 1.51. The predicted octanol–water partition coefficient (Wildman–Crippen LogP) is 2.55. The van der Waals surface area contributed by atoms with Gasteiger partial charge in [0.05, 0.1) is 5.92 Å². The number of hydrogen-bond donors (Lipinski definition) is 2. The van der Waals surface area contributed by atoms with E-state index in [1.54, 1.807) is 0 Å². The van der Waals surface area contributed by atoms with Crippen LogP contribution in [0.5, 0.6) is 0 Å². The summed E-state index contributed by atoms with van der Waals surface area (Å²) in [4.78, 5) is 10.5. The Balaban J connectivity index is 2.50. The van der Waals surface area contributed by atoms with Crippen molar-refractivity contribution in [1.29, 1.82) is 0 Å². The molecule has 0 fully saturated rings. The van der Waals surface area contributed by atoms with Crippen molar-refractivity contribution in [3.8, 4) is 0 Å². The van der Waals surface area contributed by atoms with Crippen LogP contribution in [-0.2, 0) is 11.2 Å². The maximum absolute atomic E-state index is 13.5. The molecule has 1 aromatic rings. The Morgan fingerprint density at radius 3 is 2.56 bits per heavy atom.